The summed E-state index contributed by atoms with van der Waals surface area (Å²) in [5.74, 6) is 0.948. The van der Waals surface area contributed by atoms with Gasteiger partial charge in [-0.15, -0.1) is 12.4 Å². The number of methoxy groups -OCH3 is 1. The van der Waals surface area contributed by atoms with E-state index in [2.05, 4.69) is 72.9 Å². The van der Waals surface area contributed by atoms with E-state index in [0.29, 0.717) is 6.61 Å². The van der Waals surface area contributed by atoms with E-state index in [1.807, 2.05) is 0 Å². The monoisotopic (exact) mass is 385 g/mol. The Morgan fingerprint density at radius 2 is 1.70 bits per heavy atom. The highest BCUT2D eigenvalue weighted by molar-refractivity contribution is 5.87. The lowest BCUT2D eigenvalue weighted by atomic mass is 10.0. The molecule has 0 amide bonds. The molecule has 0 spiro atoms. The van der Waals surface area contributed by atoms with E-state index < -0.39 is 0 Å². The van der Waals surface area contributed by atoms with E-state index in [-0.39, 0.29) is 12.4 Å². The van der Waals surface area contributed by atoms with Crippen molar-refractivity contribution >= 4 is 23.2 Å². The van der Waals surface area contributed by atoms with Gasteiger partial charge in [0, 0.05) is 25.8 Å². The average molecular weight is 386 g/mol. The highest BCUT2D eigenvalue weighted by Crippen LogP contribution is 2.28. The SMILES string of the molecule is COCCCNCc1c(OCc2ccc(C)cc2)ccc2ccccc12.Cl. The molecule has 0 aromatic heterocycles. The van der Waals surface area contributed by atoms with Gasteiger partial charge in [0.25, 0.3) is 0 Å². The van der Waals surface area contributed by atoms with Crippen LogP contribution in [0.2, 0.25) is 0 Å². The maximum absolute atomic E-state index is 6.18. The van der Waals surface area contributed by atoms with E-state index in [1.54, 1.807) is 7.11 Å². The van der Waals surface area contributed by atoms with Gasteiger partial charge in [-0.05, 0) is 42.3 Å². The second-order valence-corrected chi connectivity index (χ2v) is 6.56. The van der Waals surface area contributed by atoms with Crippen molar-refractivity contribution in [1.29, 1.82) is 0 Å². The fourth-order valence-electron chi connectivity index (χ4n) is 3.03. The lowest BCUT2D eigenvalue weighted by Crippen LogP contribution is -2.17. The molecular weight excluding hydrogens is 358 g/mol. The van der Waals surface area contributed by atoms with Crippen LogP contribution in [-0.4, -0.2) is 20.3 Å². The first-order valence-corrected chi connectivity index (χ1v) is 9.16. The summed E-state index contributed by atoms with van der Waals surface area (Å²) < 4.78 is 11.3. The van der Waals surface area contributed by atoms with E-state index in [4.69, 9.17) is 9.47 Å². The zero-order valence-electron chi connectivity index (χ0n) is 16.0. The Hall–Kier alpha value is -2.07. The molecule has 0 unspecified atom stereocenters. The number of fused-ring (bicyclic) bond motifs is 1. The predicted octanol–water partition coefficient (Wildman–Crippen LogP) is 5.28. The molecule has 3 nitrogen and oxygen atoms in total. The van der Waals surface area contributed by atoms with Gasteiger partial charge in [0.05, 0.1) is 0 Å². The first kappa shape index (κ1) is 21.2. The minimum Gasteiger partial charge on any atom is -0.489 e. The molecule has 3 rings (SSSR count). The highest BCUT2D eigenvalue weighted by Gasteiger charge is 2.09. The van der Waals surface area contributed by atoms with Gasteiger partial charge in [0.15, 0.2) is 0 Å². The van der Waals surface area contributed by atoms with Gasteiger partial charge in [0.1, 0.15) is 12.4 Å². The predicted molar refractivity (Wildman–Crippen MR) is 115 cm³/mol. The van der Waals surface area contributed by atoms with Crippen LogP contribution in [0.1, 0.15) is 23.1 Å². The molecule has 0 fully saturated rings. The molecule has 0 bridgehead atoms. The van der Waals surface area contributed by atoms with Crippen LogP contribution in [0.3, 0.4) is 0 Å². The van der Waals surface area contributed by atoms with Gasteiger partial charge in [-0.1, -0.05) is 60.2 Å². The van der Waals surface area contributed by atoms with Crippen molar-refractivity contribution in [1.82, 2.24) is 5.32 Å². The highest BCUT2D eigenvalue weighted by atomic mass is 35.5. The summed E-state index contributed by atoms with van der Waals surface area (Å²) >= 11 is 0. The third-order valence-electron chi connectivity index (χ3n) is 4.52. The van der Waals surface area contributed by atoms with Crippen LogP contribution in [0.4, 0.5) is 0 Å². The minimum absolute atomic E-state index is 0. The van der Waals surface area contributed by atoms with Crippen LogP contribution in [-0.2, 0) is 17.9 Å². The van der Waals surface area contributed by atoms with Crippen molar-refractivity contribution in [2.75, 3.05) is 20.3 Å². The second kappa shape index (κ2) is 10.9. The van der Waals surface area contributed by atoms with Crippen molar-refractivity contribution in [3.8, 4) is 5.75 Å². The van der Waals surface area contributed by atoms with Crippen LogP contribution < -0.4 is 10.1 Å². The van der Waals surface area contributed by atoms with Crippen LogP contribution in [0, 0.1) is 6.92 Å². The molecule has 0 aliphatic carbocycles. The van der Waals surface area contributed by atoms with Gasteiger partial charge in [-0.3, -0.25) is 0 Å². The number of rotatable bonds is 9. The van der Waals surface area contributed by atoms with E-state index in [1.165, 1.54) is 27.5 Å². The number of halogens is 1. The van der Waals surface area contributed by atoms with Crippen molar-refractivity contribution in [3.63, 3.8) is 0 Å². The Morgan fingerprint density at radius 3 is 2.48 bits per heavy atom. The topological polar surface area (TPSA) is 30.5 Å². The molecule has 0 saturated heterocycles. The fourth-order valence-corrected chi connectivity index (χ4v) is 3.03. The molecule has 27 heavy (non-hydrogen) atoms. The Labute approximate surface area is 168 Å². The normalized spacial score (nSPS) is 10.6. The minimum atomic E-state index is 0. The zero-order chi connectivity index (χ0) is 18.2. The molecule has 0 saturated carbocycles. The maximum atomic E-state index is 6.18. The van der Waals surface area contributed by atoms with E-state index in [0.717, 1.165) is 31.9 Å². The molecule has 0 aliphatic heterocycles. The Morgan fingerprint density at radius 1 is 0.926 bits per heavy atom. The average Bonchev–Trinajstić information content (AvgIpc) is 2.68. The summed E-state index contributed by atoms with van der Waals surface area (Å²) in [4.78, 5) is 0. The molecule has 0 aliphatic rings. The van der Waals surface area contributed by atoms with Gasteiger partial charge < -0.3 is 14.8 Å². The quantitative estimate of drug-likeness (QED) is 0.508. The molecule has 1 N–H and O–H groups in total. The Kier molecular flexibility index (Phi) is 8.59. The second-order valence-electron chi connectivity index (χ2n) is 6.56. The molecule has 3 aromatic rings. The third-order valence-corrected chi connectivity index (χ3v) is 4.52. The lowest BCUT2D eigenvalue weighted by Gasteiger charge is -2.15. The zero-order valence-corrected chi connectivity index (χ0v) is 16.9. The Bertz CT molecular complexity index is 833. The first-order chi connectivity index (χ1) is 12.8. The van der Waals surface area contributed by atoms with Gasteiger partial charge >= 0.3 is 0 Å². The number of benzene rings is 3. The first-order valence-electron chi connectivity index (χ1n) is 9.16. The standard InChI is InChI=1S/C23H27NO2.ClH/c1-18-8-10-19(11-9-18)17-26-23-13-12-20-6-3-4-7-21(20)22(23)16-24-14-5-15-25-2;/h3-4,6-13,24H,5,14-17H2,1-2H3;1H. The molecule has 4 heteroatoms. The Balaban J connectivity index is 0.00000261. The summed E-state index contributed by atoms with van der Waals surface area (Å²) in [6, 6.07) is 21.2. The van der Waals surface area contributed by atoms with Crippen molar-refractivity contribution in [3.05, 3.63) is 77.4 Å². The molecular formula is C23H28ClNO2. The summed E-state index contributed by atoms with van der Waals surface area (Å²) in [6.07, 6.45) is 1.00. The summed E-state index contributed by atoms with van der Waals surface area (Å²) in [5.41, 5.74) is 3.66. The van der Waals surface area contributed by atoms with Crippen LogP contribution in [0.15, 0.2) is 60.7 Å². The summed E-state index contributed by atoms with van der Waals surface area (Å²) in [6.45, 7) is 5.17. The van der Waals surface area contributed by atoms with Crippen LogP contribution in [0.25, 0.3) is 10.8 Å². The van der Waals surface area contributed by atoms with Crippen molar-refractivity contribution < 1.29 is 9.47 Å². The fraction of sp³-hybridized carbons (Fsp3) is 0.304. The summed E-state index contributed by atoms with van der Waals surface area (Å²) in [7, 11) is 1.74. The summed E-state index contributed by atoms with van der Waals surface area (Å²) in [5, 5.41) is 6.00. The van der Waals surface area contributed by atoms with Crippen molar-refractivity contribution in [2.24, 2.45) is 0 Å². The van der Waals surface area contributed by atoms with Crippen molar-refractivity contribution in [2.45, 2.75) is 26.5 Å². The molecule has 3 aromatic carbocycles. The third kappa shape index (κ3) is 5.96. The molecule has 0 heterocycles. The van der Waals surface area contributed by atoms with Crippen LogP contribution >= 0.6 is 12.4 Å². The number of hydrogen-bond acceptors (Lipinski definition) is 3. The number of aryl methyl sites for hydroxylation is 1. The molecule has 0 radical (unpaired) electrons. The number of hydrogen-bond donors (Lipinski definition) is 1. The van der Waals surface area contributed by atoms with E-state index in [9.17, 15) is 0 Å². The van der Waals surface area contributed by atoms with Gasteiger partial charge in [-0.2, -0.15) is 0 Å². The van der Waals surface area contributed by atoms with Crippen LogP contribution in [0.5, 0.6) is 5.75 Å². The smallest absolute Gasteiger partial charge is 0.124 e. The van der Waals surface area contributed by atoms with E-state index >= 15 is 0 Å². The van der Waals surface area contributed by atoms with Gasteiger partial charge in [-0.25, -0.2) is 0 Å². The maximum Gasteiger partial charge on any atom is 0.124 e. The lowest BCUT2D eigenvalue weighted by molar-refractivity contribution is 0.194. The molecule has 0 atom stereocenters. The number of nitrogens with one attached hydrogen (secondary N) is 1. The number of ether oxygens (including phenoxy) is 2. The largest absolute Gasteiger partial charge is 0.489 e. The molecule has 144 valence electrons. The van der Waals surface area contributed by atoms with Gasteiger partial charge in [0.2, 0.25) is 0 Å².